The van der Waals surface area contributed by atoms with E-state index in [0.29, 0.717) is 54.9 Å². The number of methoxy groups -OCH3 is 1. The number of alkyl halides is 3. The van der Waals surface area contributed by atoms with Crippen LogP contribution < -0.4 is 4.74 Å². The highest BCUT2D eigenvalue weighted by atomic mass is 32.2. The molecule has 2 atom stereocenters. The van der Waals surface area contributed by atoms with E-state index >= 15 is 0 Å². The van der Waals surface area contributed by atoms with Crippen LogP contribution in [0.2, 0.25) is 51.4 Å². The van der Waals surface area contributed by atoms with Crippen LogP contribution >= 0.6 is 0 Å². The molecule has 1 unspecified atom stereocenters. The van der Waals surface area contributed by atoms with Crippen molar-refractivity contribution in [2.24, 2.45) is 0 Å². The number of allylic oxidation sites excluding steroid dienone is 4. The molecule has 0 saturated heterocycles. The Bertz CT molecular complexity index is 1680. The minimum Gasteiger partial charge on any atom is -0.490 e. The molecule has 0 spiro atoms. The summed E-state index contributed by atoms with van der Waals surface area (Å²) in [4.78, 5) is 12.5. The molecule has 54 heavy (non-hydrogen) atoms. The number of hydrogen-bond donors (Lipinski definition) is 0. The Morgan fingerprint density at radius 2 is 1.54 bits per heavy atom. The number of halogens is 3. The van der Waals surface area contributed by atoms with Gasteiger partial charge in [0.1, 0.15) is 25.3 Å². The van der Waals surface area contributed by atoms with E-state index in [2.05, 4.69) is 45.9 Å². The second kappa shape index (κ2) is 20.2. The van der Waals surface area contributed by atoms with Crippen molar-refractivity contribution < 1.29 is 45.3 Å². The van der Waals surface area contributed by atoms with Gasteiger partial charge in [0.25, 0.3) is 0 Å². The first-order valence-electron chi connectivity index (χ1n) is 18.4. The maximum absolute atomic E-state index is 13.9. The predicted molar refractivity (Wildman–Crippen MR) is 215 cm³/mol. The first-order valence-corrected chi connectivity index (χ1v) is 27.4. The molecule has 3 rings (SSSR count). The van der Waals surface area contributed by atoms with Gasteiger partial charge < -0.3 is 18.9 Å². The van der Waals surface area contributed by atoms with Gasteiger partial charge in [0.05, 0.1) is 24.8 Å². The molecule has 0 heterocycles. The fourth-order valence-electron chi connectivity index (χ4n) is 5.67. The number of carbonyl (C=O) groups excluding carboxylic acids is 1. The van der Waals surface area contributed by atoms with E-state index in [-0.39, 0.29) is 37.3 Å². The van der Waals surface area contributed by atoms with Crippen molar-refractivity contribution in [3.8, 4) is 5.75 Å². The second-order valence-electron chi connectivity index (χ2n) is 16.1. The summed E-state index contributed by atoms with van der Waals surface area (Å²) in [5, 5.41) is 0. The summed E-state index contributed by atoms with van der Waals surface area (Å²) >= 11 is 0. The number of sulfonamides is 1. The normalized spacial score (nSPS) is 18.2. The van der Waals surface area contributed by atoms with Crippen LogP contribution in [-0.2, 0) is 35.2 Å². The van der Waals surface area contributed by atoms with Crippen LogP contribution in [0.4, 0.5) is 13.2 Å². The molecule has 0 fully saturated rings. The zero-order valence-corrected chi connectivity index (χ0v) is 35.7. The Hall–Kier alpha value is -3.02. The highest BCUT2D eigenvalue weighted by Gasteiger charge is 2.34. The minimum atomic E-state index is -4.50. The summed E-state index contributed by atoms with van der Waals surface area (Å²) in [6, 6.07) is 14.2. The Balaban J connectivity index is 1.74. The number of benzene rings is 2. The molecule has 2 aromatic carbocycles. The topological polar surface area (TPSA) is 91.4 Å². The number of rotatable bonds is 19. The molecule has 0 N–H and O–H groups in total. The van der Waals surface area contributed by atoms with Crippen molar-refractivity contribution in [3.05, 3.63) is 95.6 Å². The predicted octanol–water partition coefficient (Wildman–Crippen LogP) is 9.74. The lowest BCUT2D eigenvalue weighted by atomic mass is 9.91. The minimum absolute atomic E-state index is 0.0883. The number of carbonyl (C=O) groups is 1. The molecule has 8 nitrogen and oxygen atoms in total. The summed E-state index contributed by atoms with van der Waals surface area (Å²) in [5.74, 6) is -1.09. The quantitative estimate of drug-likeness (QED) is 0.0604. The van der Waals surface area contributed by atoms with Crippen LogP contribution in [0.15, 0.2) is 78.9 Å². The van der Waals surface area contributed by atoms with Crippen molar-refractivity contribution in [2.75, 3.05) is 39.5 Å². The number of esters is 1. The highest BCUT2D eigenvalue weighted by molar-refractivity contribution is 7.89. The number of hydrogen-bond acceptors (Lipinski definition) is 7. The van der Waals surface area contributed by atoms with Gasteiger partial charge in [0.15, 0.2) is 0 Å². The average molecular weight is 810 g/mol. The number of ether oxygens (including phenoxy) is 4. The van der Waals surface area contributed by atoms with Gasteiger partial charge in [0.2, 0.25) is 10.0 Å². The summed E-state index contributed by atoms with van der Waals surface area (Å²) in [6.45, 7) is 18.1. The van der Waals surface area contributed by atoms with Gasteiger partial charge in [-0.05, 0) is 65.4 Å². The van der Waals surface area contributed by atoms with Gasteiger partial charge in [-0.15, -0.1) is 0 Å². The zero-order chi connectivity index (χ0) is 40.2. The first-order chi connectivity index (χ1) is 25.2. The van der Waals surface area contributed by atoms with Crippen molar-refractivity contribution >= 4 is 37.7 Å². The van der Waals surface area contributed by atoms with Gasteiger partial charge >= 0.3 is 12.1 Å². The third kappa shape index (κ3) is 15.6. The van der Waals surface area contributed by atoms with Gasteiger partial charge in [-0.25, -0.2) is 8.42 Å². The van der Waals surface area contributed by atoms with Crippen LogP contribution in [0.5, 0.6) is 5.75 Å². The Labute approximate surface area is 322 Å². The lowest BCUT2D eigenvalue weighted by molar-refractivity contribution is -0.141. The molecule has 300 valence electrons. The van der Waals surface area contributed by atoms with Crippen LogP contribution in [0.3, 0.4) is 0 Å². The summed E-state index contributed by atoms with van der Waals surface area (Å²) in [5.41, 5.74) is 1.01. The zero-order valence-electron chi connectivity index (χ0n) is 32.8. The van der Waals surface area contributed by atoms with Crippen molar-refractivity contribution in [1.29, 1.82) is 0 Å². The molecule has 1 aliphatic rings. The van der Waals surface area contributed by atoms with Crippen LogP contribution in [-0.4, -0.2) is 80.5 Å². The Kier molecular flexibility index (Phi) is 17.0. The number of nitrogens with zero attached hydrogens (tertiary/aromatic N) is 1. The Morgan fingerprint density at radius 1 is 0.944 bits per heavy atom. The molecule has 2 aromatic rings. The molecule has 0 aromatic heterocycles. The van der Waals surface area contributed by atoms with Crippen molar-refractivity contribution in [1.82, 2.24) is 4.31 Å². The molecule has 0 aliphatic heterocycles. The van der Waals surface area contributed by atoms with Gasteiger partial charge in [0, 0.05) is 41.7 Å². The van der Waals surface area contributed by atoms with E-state index in [1.54, 1.807) is 42.5 Å². The third-order valence-electron chi connectivity index (χ3n) is 9.03. The maximum Gasteiger partial charge on any atom is 0.417 e. The lowest BCUT2D eigenvalue weighted by Crippen LogP contribution is -2.39. The van der Waals surface area contributed by atoms with E-state index in [0.717, 1.165) is 18.2 Å². The molecule has 0 bridgehead atoms. The fourth-order valence-corrected chi connectivity index (χ4v) is 8.68. The van der Waals surface area contributed by atoms with Crippen molar-refractivity contribution in [2.45, 2.75) is 95.3 Å². The van der Waals surface area contributed by atoms with Crippen LogP contribution in [0.25, 0.3) is 5.57 Å². The van der Waals surface area contributed by atoms with E-state index in [1.165, 1.54) is 23.5 Å². The fraction of sp³-hybridized carbons (Fsp3) is 0.525. The molecule has 0 radical (unpaired) electrons. The van der Waals surface area contributed by atoms with E-state index in [9.17, 15) is 26.4 Å². The second-order valence-corrected chi connectivity index (χ2v) is 29.4. The summed E-state index contributed by atoms with van der Waals surface area (Å²) < 4.78 is 93.4. The first kappa shape index (κ1) is 45.4. The largest absolute Gasteiger partial charge is 0.490 e. The molecular formula is C40H58F3NO7SSi2. The monoisotopic (exact) mass is 809 g/mol. The van der Waals surface area contributed by atoms with Gasteiger partial charge in [-0.1, -0.05) is 94.4 Å². The van der Waals surface area contributed by atoms with Crippen molar-refractivity contribution in [3.63, 3.8) is 0 Å². The molecule has 0 amide bonds. The smallest absolute Gasteiger partial charge is 0.417 e. The van der Waals surface area contributed by atoms with Crippen LogP contribution in [0, 0.1) is 0 Å². The Morgan fingerprint density at radius 3 is 2.09 bits per heavy atom. The highest BCUT2D eigenvalue weighted by Crippen LogP contribution is 2.38. The third-order valence-corrected chi connectivity index (χ3v) is 14.3. The van der Waals surface area contributed by atoms with Gasteiger partial charge in [-0.2, -0.15) is 17.5 Å². The molecule has 14 heteroatoms. The summed E-state index contributed by atoms with van der Waals surface area (Å²) in [6.07, 6.45) is 1.75. The molecular weight excluding hydrogens is 752 g/mol. The molecule has 1 aliphatic carbocycles. The SMILES string of the molecule is C=C1CC[C@@H](Oc2ccc(C(CC(=O)OC)CS(=O)(=O)N(COCC[Si](C)(C)C)COCC[Si](C)(C)C)cc2)C/C=C\C=C/1c1ccccc1C(F)(F)F. The lowest BCUT2D eigenvalue weighted by Gasteiger charge is -2.26. The van der Waals surface area contributed by atoms with E-state index < -0.39 is 49.8 Å². The summed E-state index contributed by atoms with van der Waals surface area (Å²) in [7, 11) is -5.48. The van der Waals surface area contributed by atoms with E-state index in [4.69, 9.17) is 18.9 Å². The average Bonchev–Trinajstić information content (AvgIpc) is 3.16. The van der Waals surface area contributed by atoms with Crippen LogP contribution in [0.1, 0.15) is 48.3 Å². The maximum atomic E-state index is 13.9. The van der Waals surface area contributed by atoms with Gasteiger partial charge in [-0.3, -0.25) is 4.79 Å². The molecule has 0 saturated carbocycles. The van der Waals surface area contributed by atoms with E-state index in [1.807, 2.05) is 6.08 Å². The standard InChI is InChI=1S/C40H58F3NO7SSi2/c1-31-17-20-34(13-9-10-14-36(31)37-15-11-12-16-38(37)40(41,42)43)51-35-21-18-32(19-22-35)33(27-39(45)48-2)28-52(46,47)44(29-49-23-25-53(3,4)5)30-50-24-26-54(6,7)8/h9-12,14-16,18-19,21-22,33-34H,1,13,17,20,23-30H2,2-8H3/b10-9-,36-14+/t33?,34-/m0/s1.